The van der Waals surface area contributed by atoms with Crippen molar-refractivity contribution in [2.75, 3.05) is 60.0 Å². The normalized spacial score (nSPS) is 12.5. The van der Waals surface area contributed by atoms with Gasteiger partial charge in [0.15, 0.2) is 0 Å². The second-order valence-electron chi connectivity index (χ2n) is 23.2. The molecule has 0 radical (unpaired) electrons. The minimum atomic E-state index is -3.46. The highest BCUT2D eigenvalue weighted by Crippen LogP contribution is 2.38. The predicted molar refractivity (Wildman–Crippen MR) is 331 cm³/mol. The average Bonchev–Trinajstić information content (AvgIpc) is 2.21. The number of hydrogen-bond donors (Lipinski definition) is 4. The number of ether oxygens (including phenoxy) is 1. The molecule has 6 aromatic rings. The summed E-state index contributed by atoms with van der Waals surface area (Å²) in [6.45, 7) is 14.9. The van der Waals surface area contributed by atoms with Crippen LogP contribution in [-0.2, 0) is 41.5 Å². The van der Waals surface area contributed by atoms with E-state index in [1.165, 1.54) is 5.06 Å². The maximum Gasteiger partial charge on any atom is 0.306 e. The summed E-state index contributed by atoms with van der Waals surface area (Å²) in [5.74, 6) is -1.31. The standard InChI is InChI=1S/C66H87N5O9Si2/c1-9-10-45-79-64(77)40-39-61(74)67-46-52(47-70(49-53-27-23-25-37-59(53)72)43-41-62(75)68(7)51-66(5,6)81(78,55-29-15-11-16-30-55)56-31-17-12-18-32-56)48-71(50-54-28-24-26-38-60(54)73)44-42-63(76)69(8)80-82(65(2,3)4,57-33-19-13-20-34-57)58-35-21-14-22-36-58/h11-38,52,72-73,78H,9-10,39-51H2,1-8H3,(H,67,74)/t52-/m1/s1. The van der Waals surface area contributed by atoms with Crippen molar-refractivity contribution in [3.05, 3.63) is 181 Å². The molecule has 0 aliphatic rings. The molecule has 4 N–H and O–H groups in total. The molecular weight excluding hydrogens is 1060 g/mol. The lowest BCUT2D eigenvalue weighted by molar-refractivity contribution is -0.155. The fourth-order valence-electron chi connectivity index (χ4n) is 11.0. The van der Waals surface area contributed by atoms with Crippen molar-refractivity contribution in [2.24, 2.45) is 5.92 Å². The number of carbonyl (C=O) groups is 4. The minimum absolute atomic E-state index is 0.0484. The van der Waals surface area contributed by atoms with Crippen molar-refractivity contribution >= 4 is 61.1 Å². The topological polar surface area (TPSA) is 172 Å². The number of aromatic hydroxyl groups is 2. The number of hydrogen-bond acceptors (Lipinski definition) is 11. The first-order valence-corrected chi connectivity index (χ1v) is 32.6. The van der Waals surface area contributed by atoms with Crippen molar-refractivity contribution in [1.29, 1.82) is 0 Å². The van der Waals surface area contributed by atoms with Gasteiger partial charge in [0.1, 0.15) is 11.5 Å². The largest absolute Gasteiger partial charge is 0.508 e. The van der Waals surface area contributed by atoms with Crippen LogP contribution in [0.1, 0.15) is 91.2 Å². The van der Waals surface area contributed by atoms with Gasteiger partial charge in [-0.15, -0.1) is 0 Å². The lowest BCUT2D eigenvalue weighted by atomic mass is 10.0. The van der Waals surface area contributed by atoms with Crippen LogP contribution in [0.15, 0.2) is 170 Å². The average molecular weight is 1150 g/mol. The second-order valence-corrected chi connectivity index (χ2v) is 31.3. The van der Waals surface area contributed by atoms with Crippen molar-refractivity contribution in [2.45, 2.75) is 103 Å². The molecule has 0 spiro atoms. The Hall–Kier alpha value is -6.93. The minimum Gasteiger partial charge on any atom is -0.508 e. The zero-order chi connectivity index (χ0) is 59.3. The molecule has 438 valence electrons. The Morgan fingerprint density at radius 1 is 0.573 bits per heavy atom. The fraction of sp³-hybridized carbons (Fsp3) is 0.394. The fourth-order valence-corrected chi connectivity index (χ4v) is 19.1. The molecule has 0 aromatic heterocycles. The van der Waals surface area contributed by atoms with Crippen LogP contribution in [0.2, 0.25) is 10.1 Å². The highest BCUT2D eigenvalue weighted by Gasteiger charge is 2.53. The van der Waals surface area contributed by atoms with E-state index in [1.54, 1.807) is 43.3 Å². The molecule has 3 amide bonds. The van der Waals surface area contributed by atoms with E-state index < -0.39 is 32.7 Å². The molecule has 14 nitrogen and oxygen atoms in total. The number of nitrogens with zero attached hydrogens (tertiary/aromatic N) is 4. The molecule has 0 fully saturated rings. The Bertz CT molecular complexity index is 2870. The quantitative estimate of drug-likeness (QED) is 0.0144. The maximum atomic E-state index is 14.6. The van der Waals surface area contributed by atoms with Gasteiger partial charge in [-0.25, -0.2) is 5.06 Å². The van der Waals surface area contributed by atoms with E-state index >= 15 is 0 Å². The van der Waals surface area contributed by atoms with E-state index in [0.717, 1.165) is 33.6 Å². The van der Waals surface area contributed by atoms with Gasteiger partial charge in [-0.3, -0.25) is 29.0 Å². The summed E-state index contributed by atoms with van der Waals surface area (Å²) in [7, 11) is -3.17. The third-order valence-corrected chi connectivity index (χ3v) is 24.9. The lowest BCUT2D eigenvalue weighted by Gasteiger charge is -2.44. The third-order valence-electron chi connectivity index (χ3n) is 15.5. The van der Waals surface area contributed by atoms with Gasteiger partial charge in [0, 0.05) is 108 Å². The van der Waals surface area contributed by atoms with E-state index in [-0.39, 0.29) is 100 Å². The number of esters is 1. The SMILES string of the molecule is CCCCOC(=O)CCC(=O)NC[C@H](CN(CCC(=O)N(C)CC(C)(C)[Si](O)(c1ccccc1)c1ccccc1)Cc1ccccc1O)CN(CCC(=O)N(C)O[Si](c1ccccc1)(c1ccccc1)C(C)(C)C)Cc1ccccc1O. The molecule has 0 aliphatic carbocycles. The van der Waals surface area contributed by atoms with Gasteiger partial charge in [0.05, 0.1) is 13.0 Å². The highest BCUT2D eigenvalue weighted by molar-refractivity contribution is 6.99. The number of hydroxylamine groups is 2. The van der Waals surface area contributed by atoms with Crippen LogP contribution in [-0.4, -0.2) is 135 Å². The molecule has 6 rings (SSSR count). The molecule has 0 aliphatic heterocycles. The van der Waals surface area contributed by atoms with Crippen LogP contribution >= 0.6 is 0 Å². The van der Waals surface area contributed by atoms with Crippen LogP contribution in [0.4, 0.5) is 0 Å². The van der Waals surface area contributed by atoms with Crippen molar-refractivity contribution in [3.8, 4) is 11.5 Å². The summed E-state index contributed by atoms with van der Waals surface area (Å²) < 4.78 is 12.4. The molecule has 0 saturated heterocycles. The third kappa shape index (κ3) is 17.3. The zero-order valence-electron chi connectivity index (χ0n) is 49.4. The number of unbranched alkanes of at least 4 members (excludes halogenated alkanes) is 1. The van der Waals surface area contributed by atoms with E-state index in [1.807, 2.05) is 142 Å². The molecule has 6 aromatic carbocycles. The first-order chi connectivity index (χ1) is 39.2. The molecule has 0 saturated carbocycles. The van der Waals surface area contributed by atoms with Crippen LogP contribution in [0.25, 0.3) is 0 Å². The van der Waals surface area contributed by atoms with Gasteiger partial charge in [-0.2, -0.15) is 0 Å². The number of amides is 3. The number of para-hydroxylation sites is 2. The molecule has 82 heavy (non-hydrogen) atoms. The van der Waals surface area contributed by atoms with E-state index in [4.69, 9.17) is 9.26 Å². The van der Waals surface area contributed by atoms with Crippen LogP contribution in [0.5, 0.6) is 11.5 Å². The van der Waals surface area contributed by atoms with E-state index in [9.17, 15) is 34.2 Å². The lowest BCUT2D eigenvalue weighted by Crippen LogP contribution is -2.68. The van der Waals surface area contributed by atoms with Crippen LogP contribution < -0.4 is 26.1 Å². The Kier molecular flexibility index (Phi) is 23.8. The van der Waals surface area contributed by atoms with Crippen molar-refractivity contribution in [1.82, 2.24) is 25.1 Å². The number of phenolic OH excluding ortho intramolecular Hbond substituents is 2. The van der Waals surface area contributed by atoms with Gasteiger partial charge in [-0.05, 0) is 44.3 Å². The van der Waals surface area contributed by atoms with Gasteiger partial charge in [-0.1, -0.05) is 206 Å². The van der Waals surface area contributed by atoms with Gasteiger partial charge < -0.3 is 34.5 Å². The zero-order valence-corrected chi connectivity index (χ0v) is 51.4. The number of phenols is 2. The second kappa shape index (κ2) is 30.4. The highest BCUT2D eigenvalue weighted by atomic mass is 28.4. The van der Waals surface area contributed by atoms with Crippen molar-refractivity contribution in [3.63, 3.8) is 0 Å². The summed E-state index contributed by atoms with van der Waals surface area (Å²) in [4.78, 5) is 74.1. The van der Waals surface area contributed by atoms with Crippen LogP contribution in [0.3, 0.4) is 0 Å². The number of benzene rings is 6. The van der Waals surface area contributed by atoms with Crippen LogP contribution in [0, 0.1) is 5.92 Å². The monoisotopic (exact) mass is 1150 g/mol. The Balaban J connectivity index is 1.28. The summed E-state index contributed by atoms with van der Waals surface area (Å²) in [6, 6.07) is 53.9. The van der Waals surface area contributed by atoms with Gasteiger partial charge in [0.25, 0.3) is 16.6 Å². The van der Waals surface area contributed by atoms with Gasteiger partial charge >= 0.3 is 5.97 Å². The number of carbonyl (C=O) groups excluding carboxylic acids is 4. The Morgan fingerprint density at radius 3 is 1.44 bits per heavy atom. The summed E-state index contributed by atoms with van der Waals surface area (Å²) >= 11 is 0. The van der Waals surface area contributed by atoms with Gasteiger partial charge in [0.2, 0.25) is 17.7 Å². The summed E-state index contributed by atoms with van der Waals surface area (Å²) in [5, 5.41) is 29.4. The maximum absolute atomic E-state index is 14.6. The Labute approximate surface area is 488 Å². The number of rotatable bonds is 31. The predicted octanol–water partition coefficient (Wildman–Crippen LogP) is 7.98. The first kappa shape index (κ1) is 64.2. The summed E-state index contributed by atoms with van der Waals surface area (Å²) in [5.41, 5.74) is 1.30. The molecule has 0 bridgehead atoms. The molecule has 1 atom stereocenters. The molecule has 16 heteroatoms. The molecular formula is C66H87N5O9Si2. The number of nitrogens with one attached hydrogen (secondary N) is 1. The molecule has 0 heterocycles. The molecule has 0 unspecified atom stereocenters. The van der Waals surface area contributed by atoms with Crippen molar-refractivity contribution < 1.29 is 43.5 Å². The van der Waals surface area contributed by atoms with E-state index in [0.29, 0.717) is 30.8 Å². The smallest absolute Gasteiger partial charge is 0.306 e. The van der Waals surface area contributed by atoms with E-state index in [2.05, 4.69) is 60.2 Å². The first-order valence-electron chi connectivity index (χ1n) is 28.7. The summed E-state index contributed by atoms with van der Waals surface area (Å²) in [6.07, 6.45) is 1.61. The Morgan fingerprint density at radius 2 is 1.00 bits per heavy atom.